The summed E-state index contributed by atoms with van der Waals surface area (Å²) in [6.45, 7) is 3.57. The molecule has 0 spiro atoms. The predicted octanol–water partition coefficient (Wildman–Crippen LogP) is 4.78. The van der Waals surface area contributed by atoms with Crippen LogP contribution in [0.15, 0.2) is 33.5 Å². The monoisotopic (exact) mass is 450 g/mol. The predicted molar refractivity (Wildman–Crippen MR) is 123 cm³/mol. The molecule has 170 valence electrons. The van der Waals surface area contributed by atoms with Crippen molar-refractivity contribution in [3.63, 3.8) is 0 Å². The number of piperidine rings is 1. The standard InChI is InChI=1S/C25H24F2N4O2/c1-12-15(17-9-19(27)20(28)10-18(17)26)6-7-16-22(12)31(14-4-5-14)25(32)21-23(16)33-24(30-21)13-3-2-8-29-11-13/h6-7,9-10,13-14,29H,2-5,8,11,28H2,1H3/t13-/m1/s1. The Bertz CT molecular complexity index is 1480. The second-order valence-corrected chi connectivity index (χ2v) is 9.17. The van der Waals surface area contributed by atoms with E-state index in [4.69, 9.17) is 10.2 Å². The number of halogens is 2. The molecule has 3 N–H and O–H groups in total. The van der Waals surface area contributed by atoms with Crippen LogP contribution in [0.3, 0.4) is 0 Å². The van der Waals surface area contributed by atoms with E-state index >= 15 is 0 Å². The maximum absolute atomic E-state index is 14.8. The van der Waals surface area contributed by atoms with E-state index in [0.717, 1.165) is 56.3 Å². The van der Waals surface area contributed by atoms with Crippen LogP contribution in [0.1, 0.15) is 49.1 Å². The van der Waals surface area contributed by atoms with E-state index in [-0.39, 0.29) is 28.8 Å². The number of oxazole rings is 1. The molecule has 2 fully saturated rings. The van der Waals surface area contributed by atoms with Crippen molar-refractivity contribution in [1.29, 1.82) is 0 Å². The van der Waals surface area contributed by atoms with E-state index in [1.54, 1.807) is 10.6 Å². The van der Waals surface area contributed by atoms with E-state index in [0.29, 0.717) is 33.6 Å². The van der Waals surface area contributed by atoms with Crippen LogP contribution >= 0.6 is 0 Å². The van der Waals surface area contributed by atoms with Crippen molar-refractivity contribution in [1.82, 2.24) is 14.9 Å². The second kappa shape index (κ2) is 7.38. The summed E-state index contributed by atoms with van der Waals surface area (Å²) >= 11 is 0. The highest BCUT2D eigenvalue weighted by molar-refractivity contribution is 6.04. The Morgan fingerprint density at radius 3 is 2.70 bits per heavy atom. The van der Waals surface area contributed by atoms with Crippen molar-refractivity contribution in [3.8, 4) is 11.1 Å². The molecular weight excluding hydrogens is 426 g/mol. The molecule has 1 aliphatic carbocycles. The number of rotatable bonds is 3. The SMILES string of the molecule is Cc1c(-c2cc(F)c(N)cc2F)ccc2c3oc([C@@H]4CCCNC4)nc3c(=O)n(C3CC3)c12. The Morgan fingerprint density at radius 2 is 1.97 bits per heavy atom. The van der Waals surface area contributed by atoms with Gasteiger partial charge in [0, 0.05) is 35.5 Å². The summed E-state index contributed by atoms with van der Waals surface area (Å²) < 4.78 is 36.9. The number of nitrogens with one attached hydrogen (secondary N) is 1. The summed E-state index contributed by atoms with van der Waals surface area (Å²) in [6, 6.07) is 5.74. The molecule has 33 heavy (non-hydrogen) atoms. The third-order valence-electron chi connectivity index (χ3n) is 6.92. The minimum atomic E-state index is -0.679. The minimum absolute atomic E-state index is 0.0721. The molecule has 0 bridgehead atoms. The number of aryl methyl sites for hydroxylation is 1. The van der Waals surface area contributed by atoms with E-state index < -0.39 is 11.6 Å². The summed E-state index contributed by atoms with van der Waals surface area (Å²) in [5, 5.41) is 4.12. The van der Waals surface area contributed by atoms with Gasteiger partial charge >= 0.3 is 0 Å². The third kappa shape index (κ3) is 3.15. The van der Waals surface area contributed by atoms with Crippen molar-refractivity contribution in [2.24, 2.45) is 0 Å². The molecule has 8 heteroatoms. The normalized spacial score (nSPS) is 18.9. The number of nitrogen functional groups attached to an aromatic ring is 1. The quantitative estimate of drug-likeness (QED) is 0.439. The topological polar surface area (TPSA) is 86.1 Å². The molecule has 6 nitrogen and oxygen atoms in total. The minimum Gasteiger partial charge on any atom is -0.439 e. The molecular formula is C25H24F2N4O2. The molecule has 1 saturated carbocycles. The van der Waals surface area contributed by atoms with Gasteiger partial charge in [-0.1, -0.05) is 6.07 Å². The fraction of sp³-hybridized carbons (Fsp3) is 0.360. The molecule has 2 aromatic heterocycles. The van der Waals surface area contributed by atoms with Crippen molar-refractivity contribution in [2.45, 2.75) is 44.6 Å². The average Bonchev–Trinajstić information content (AvgIpc) is 3.54. The van der Waals surface area contributed by atoms with Crippen LogP contribution < -0.4 is 16.6 Å². The summed E-state index contributed by atoms with van der Waals surface area (Å²) in [5.41, 5.74) is 7.92. The van der Waals surface area contributed by atoms with Crippen molar-refractivity contribution in [3.05, 3.63) is 57.7 Å². The molecule has 0 radical (unpaired) electrons. The summed E-state index contributed by atoms with van der Waals surface area (Å²) in [7, 11) is 0. The van der Waals surface area contributed by atoms with Gasteiger partial charge in [-0.05, 0) is 62.4 Å². The molecule has 2 aliphatic rings. The number of nitrogens with zero attached hydrogens (tertiary/aromatic N) is 2. The van der Waals surface area contributed by atoms with Crippen LogP contribution in [-0.4, -0.2) is 22.6 Å². The fourth-order valence-electron chi connectivity index (χ4n) is 5.05. The number of aromatic nitrogens is 2. The molecule has 4 aromatic rings. The van der Waals surface area contributed by atoms with E-state index in [9.17, 15) is 13.6 Å². The molecule has 1 atom stereocenters. The zero-order chi connectivity index (χ0) is 22.9. The highest BCUT2D eigenvalue weighted by Crippen LogP contribution is 2.41. The van der Waals surface area contributed by atoms with Gasteiger partial charge in [0.15, 0.2) is 17.0 Å². The number of nitrogens with two attached hydrogens (primary N) is 1. The van der Waals surface area contributed by atoms with Gasteiger partial charge in [-0.15, -0.1) is 0 Å². The largest absolute Gasteiger partial charge is 0.439 e. The molecule has 0 amide bonds. The first-order chi connectivity index (χ1) is 15.9. The van der Waals surface area contributed by atoms with Crippen molar-refractivity contribution < 1.29 is 13.2 Å². The molecule has 1 saturated heterocycles. The number of hydrogen-bond donors (Lipinski definition) is 2. The van der Waals surface area contributed by atoms with Gasteiger partial charge in [0.05, 0.1) is 11.2 Å². The number of pyridine rings is 1. The van der Waals surface area contributed by atoms with E-state index in [1.165, 1.54) is 0 Å². The first-order valence-electron chi connectivity index (χ1n) is 11.4. The lowest BCUT2D eigenvalue weighted by atomic mass is 9.96. The van der Waals surface area contributed by atoms with Crippen LogP contribution in [0.4, 0.5) is 14.5 Å². The van der Waals surface area contributed by atoms with Gasteiger partial charge in [0.25, 0.3) is 5.56 Å². The van der Waals surface area contributed by atoms with Crippen LogP contribution in [0.5, 0.6) is 0 Å². The molecule has 2 aromatic carbocycles. The van der Waals surface area contributed by atoms with E-state index in [2.05, 4.69) is 10.3 Å². The summed E-state index contributed by atoms with van der Waals surface area (Å²) in [4.78, 5) is 18.2. The Balaban J connectivity index is 1.64. The first kappa shape index (κ1) is 20.4. The van der Waals surface area contributed by atoms with Crippen LogP contribution in [0.2, 0.25) is 0 Å². The van der Waals surface area contributed by atoms with Crippen LogP contribution in [0.25, 0.3) is 33.1 Å². The summed E-state index contributed by atoms with van der Waals surface area (Å²) in [5.74, 6) is -0.578. The van der Waals surface area contributed by atoms with Crippen LogP contribution in [0, 0.1) is 18.6 Å². The maximum Gasteiger partial charge on any atom is 0.281 e. The molecule has 0 unspecified atom stereocenters. The molecule has 6 rings (SSSR count). The van der Waals surface area contributed by atoms with Crippen molar-refractivity contribution in [2.75, 3.05) is 18.8 Å². The average molecular weight is 450 g/mol. The van der Waals surface area contributed by atoms with Gasteiger partial charge in [0.1, 0.15) is 11.6 Å². The molecule has 3 heterocycles. The zero-order valence-corrected chi connectivity index (χ0v) is 18.3. The Morgan fingerprint density at radius 1 is 1.15 bits per heavy atom. The van der Waals surface area contributed by atoms with Gasteiger partial charge in [0.2, 0.25) is 0 Å². The highest BCUT2D eigenvalue weighted by Gasteiger charge is 2.31. The molecule has 1 aliphatic heterocycles. The van der Waals surface area contributed by atoms with Crippen molar-refractivity contribution >= 4 is 27.7 Å². The number of hydrogen-bond acceptors (Lipinski definition) is 5. The lowest BCUT2D eigenvalue weighted by molar-refractivity contribution is 0.388. The zero-order valence-electron chi connectivity index (χ0n) is 18.3. The second-order valence-electron chi connectivity index (χ2n) is 9.17. The summed E-state index contributed by atoms with van der Waals surface area (Å²) in [6.07, 6.45) is 3.78. The maximum atomic E-state index is 14.8. The fourth-order valence-corrected chi connectivity index (χ4v) is 5.05. The highest BCUT2D eigenvalue weighted by atomic mass is 19.1. The smallest absolute Gasteiger partial charge is 0.281 e. The van der Waals surface area contributed by atoms with Gasteiger partial charge in [-0.3, -0.25) is 4.79 Å². The Labute approximate surface area is 188 Å². The number of benzene rings is 2. The van der Waals surface area contributed by atoms with Gasteiger partial charge < -0.3 is 20.0 Å². The third-order valence-corrected chi connectivity index (χ3v) is 6.92. The number of anilines is 1. The van der Waals surface area contributed by atoms with E-state index in [1.807, 2.05) is 13.0 Å². The van der Waals surface area contributed by atoms with Gasteiger partial charge in [-0.25, -0.2) is 13.8 Å². The number of fused-ring (bicyclic) bond motifs is 3. The van der Waals surface area contributed by atoms with Crippen LogP contribution in [-0.2, 0) is 0 Å². The lowest BCUT2D eigenvalue weighted by Crippen LogP contribution is -2.28. The van der Waals surface area contributed by atoms with Gasteiger partial charge in [-0.2, -0.15) is 0 Å². The Kier molecular flexibility index (Phi) is 4.55. The Hall–Kier alpha value is -3.26. The first-order valence-corrected chi connectivity index (χ1v) is 11.4. The lowest BCUT2D eigenvalue weighted by Gasteiger charge is -2.19.